The van der Waals surface area contributed by atoms with Crippen molar-refractivity contribution in [1.82, 2.24) is 10.2 Å². The molecule has 3 aromatic rings. The van der Waals surface area contributed by atoms with Crippen LogP contribution in [0.25, 0.3) is 11.5 Å². The zero-order valence-corrected chi connectivity index (χ0v) is 19.0. The zero-order chi connectivity index (χ0) is 21.3. The van der Waals surface area contributed by atoms with Crippen LogP contribution in [0.5, 0.6) is 0 Å². The summed E-state index contributed by atoms with van der Waals surface area (Å²) in [6.45, 7) is 2.10. The Labute approximate surface area is 188 Å². The fourth-order valence-electron chi connectivity index (χ4n) is 2.69. The van der Waals surface area contributed by atoms with E-state index in [2.05, 4.69) is 38.4 Å². The summed E-state index contributed by atoms with van der Waals surface area (Å²) in [4.78, 5) is 24.3. The van der Waals surface area contributed by atoms with Gasteiger partial charge in [0.05, 0.1) is 5.75 Å². The van der Waals surface area contributed by atoms with E-state index in [-0.39, 0.29) is 17.4 Å². The van der Waals surface area contributed by atoms with Crippen LogP contribution in [0, 0.1) is 0 Å². The molecule has 1 N–H and O–H groups in total. The minimum atomic E-state index is -0.0517. The van der Waals surface area contributed by atoms with E-state index in [0.717, 1.165) is 29.3 Å². The average molecular weight is 488 g/mol. The Morgan fingerprint density at radius 3 is 2.47 bits per heavy atom. The standard InChI is InChI=1S/C22H22BrN3O3S/c1-2-3-4-5-20(28)24-18-12-8-15(9-13-18)19(27)14-30-22-26-25-21(29-22)16-6-10-17(23)11-7-16/h6-13H,2-5,14H2,1H3,(H,24,28). The van der Waals surface area contributed by atoms with Crippen LogP contribution in [0.4, 0.5) is 5.69 Å². The molecule has 0 aliphatic carbocycles. The smallest absolute Gasteiger partial charge is 0.277 e. The van der Waals surface area contributed by atoms with E-state index < -0.39 is 0 Å². The number of nitrogens with one attached hydrogen (secondary N) is 1. The Hall–Kier alpha value is -2.45. The van der Waals surface area contributed by atoms with Crippen molar-refractivity contribution in [2.75, 3.05) is 11.1 Å². The summed E-state index contributed by atoms with van der Waals surface area (Å²) >= 11 is 4.59. The Kier molecular flexibility index (Phi) is 8.21. The minimum absolute atomic E-state index is 0.00365. The second-order valence-corrected chi connectivity index (χ2v) is 8.52. The van der Waals surface area contributed by atoms with Gasteiger partial charge in [-0.2, -0.15) is 0 Å². The zero-order valence-electron chi connectivity index (χ0n) is 16.6. The SMILES string of the molecule is CCCCCC(=O)Nc1ccc(C(=O)CSc2nnc(-c3ccc(Br)cc3)o2)cc1. The van der Waals surface area contributed by atoms with Crippen LogP contribution >= 0.6 is 27.7 Å². The minimum Gasteiger partial charge on any atom is -0.411 e. The molecule has 1 amide bonds. The molecule has 0 bridgehead atoms. The number of thioether (sulfide) groups is 1. The first-order valence-corrected chi connectivity index (χ1v) is 11.5. The van der Waals surface area contributed by atoms with Gasteiger partial charge >= 0.3 is 0 Å². The number of amides is 1. The molecule has 156 valence electrons. The van der Waals surface area contributed by atoms with Crippen molar-refractivity contribution in [2.24, 2.45) is 0 Å². The summed E-state index contributed by atoms with van der Waals surface area (Å²) in [6, 6.07) is 14.5. The molecule has 30 heavy (non-hydrogen) atoms. The molecule has 0 radical (unpaired) electrons. The van der Waals surface area contributed by atoms with Gasteiger partial charge in [-0.25, -0.2) is 0 Å². The maximum Gasteiger partial charge on any atom is 0.277 e. The molecular formula is C22H22BrN3O3S. The Morgan fingerprint density at radius 1 is 1.03 bits per heavy atom. The van der Waals surface area contributed by atoms with Gasteiger partial charge in [0.25, 0.3) is 5.22 Å². The predicted octanol–water partition coefficient (Wildman–Crippen LogP) is 5.99. The van der Waals surface area contributed by atoms with Gasteiger partial charge in [0.2, 0.25) is 11.8 Å². The third kappa shape index (κ3) is 6.53. The molecule has 0 unspecified atom stereocenters. The van der Waals surface area contributed by atoms with Crippen molar-refractivity contribution in [3.63, 3.8) is 0 Å². The van der Waals surface area contributed by atoms with E-state index in [4.69, 9.17) is 4.42 Å². The molecule has 2 aromatic carbocycles. The second kappa shape index (κ2) is 11.1. The van der Waals surface area contributed by atoms with Crippen molar-refractivity contribution in [1.29, 1.82) is 0 Å². The number of nitrogens with zero attached hydrogens (tertiary/aromatic N) is 2. The fraction of sp³-hybridized carbons (Fsp3) is 0.273. The Bertz CT molecular complexity index is 988. The number of rotatable bonds is 10. The van der Waals surface area contributed by atoms with Crippen molar-refractivity contribution >= 4 is 45.1 Å². The molecule has 8 heteroatoms. The highest BCUT2D eigenvalue weighted by Crippen LogP contribution is 2.25. The molecule has 0 aliphatic rings. The molecule has 1 aromatic heterocycles. The van der Waals surface area contributed by atoms with E-state index in [9.17, 15) is 9.59 Å². The molecule has 3 rings (SSSR count). The van der Waals surface area contributed by atoms with Crippen LogP contribution in [-0.2, 0) is 4.79 Å². The Morgan fingerprint density at radius 2 is 1.77 bits per heavy atom. The van der Waals surface area contributed by atoms with Gasteiger partial charge < -0.3 is 9.73 Å². The number of ketones is 1. The molecule has 0 spiro atoms. The lowest BCUT2D eigenvalue weighted by molar-refractivity contribution is -0.116. The maximum absolute atomic E-state index is 12.4. The lowest BCUT2D eigenvalue weighted by Crippen LogP contribution is -2.11. The van der Waals surface area contributed by atoms with E-state index >= 15 is 0 Å². The molecular weight excluding hydrogens is 466 g/mol. The van der Waals surface area contributed by atoms with Crippen molar-refractivity contribution in [2.45, 2.75) is 37.8 Å². The first-order valence-electron chi connectivity index (χ1n) is 9.70. The van der Waals surface area contributed by atoms with Gasteiger partial charge in [0.1, 0.15) is 0 Å². The third-order valence-electron chi connectivity index (χ3n) is 4.32. The van der Waals surface area contributed by atoms with Crippen LogP contribution in [0.2, 0.25) is 0 Å². The maximum atomic E-state index is 12.4. The van der Waals surface area contributed by atoms with Crippen LogP contribution in [0.15, 0.2) is 62.6 Å². The highest BCUT2D eigenvalue weighted by molar-refractivity contribution is 9.10. The quantitative estimate of drug-likeness (QED) is 0.214. The lowest BCUT2D eigenvalue weighted by Gasteiger charge is -2.06. The van der Waals surface area contributed by atoms with Gasteiger partial charge in [0.15, 0.2) is 5.78 Å². The number of benzene rings is 2. The lowest BCUT2D eigenvalue weighted by atomic mass is 10.1. The summed E-state index contributed by atoms with van der Waals surface area (Å²) in [5.41, 5.74) is 2.08. The van der Waals surface area contributed by atoms with E-state index in [0.29, 0.717) is 28.8 Å². The van der Waals surface area contributed by atoms with Gasteiger partial charge in [-0.1, -0.05) is 47.5 Å². The summed E-state index contributed by atoms with van der Waals surface area (Å²) in [6.07, 6.45) is 3.52. The number of hydrogen-bond donors (Lipinski definition) is 1. The number of anilines is 1. The number of Topliss-reactive ketones (excluding diaryl/α,β-unsaturated/α-hetero) is 1. The fourth-order valence-corrected chi connectivity index (χ4v) is 3.61. The highest BCUT2D eigenvalue weighted by Gasteiger charge is 2.13. The molecule has 0 saturated carbocycles. The van der Waals surface area contributed by atoms with E-state index in [1.165, 1.54) is 11.8 Å². The van der Waals surface area contributed by atoms with Gasteiger partial charge in [-0.15, -0.1) is 10.2 Å². The molecule has 0 aliphatic heterocycles. The molecule has 1 heterocycles. The normalized spacial score (nSPS) is 10.7. The third-order valence-corrected chi connectivity index (χ3v) is 5.67. The van der Waals surface area contributed by atoms with Crippen molar-refractivity contribution in [3.8, 4) is 11.5 Å². The summed E-state index contributed by atoms with van der Waals surface area (Å²) < 4.78 is 6.59. The number of aromatic nitrogens is 2. The van der Waals surface area contributed by atoms with E-state index in [1.54, 1.807) is 24.3 Å². The molecule has 0 fully saturated rings. The van der Waals surface area contributed by atoms with Crippen molar-refractivity contribution < 1.29 is 14.0 Å². The summed E-state index contributed by atoms with van der Waals surface area (Å²) in [5.74, 6) is 0.543. The monoisotopic (exact) mass is 487 g/mol. The number of halogens is 1. The van der Waals surface area contributed by atoms with Gasteiger partial charge in [0, 0.05) is 27.7 Å². The first kappa shape index (κ1) is 22.2. The largest absolute Gasteiger partial charge is 0.411 e. The highest BCUT2D eigenvalue weighted by atomic mass is 79.9. The molecule has 0 saturated heterocycles. The number of unbranched alkanes of at least 4 members (excludes halogenated alkanes) is 2. The first-order chi connectivity index (χ1) is 14.5. The van der Waals surface area contributed by atoms with Crippen LogP contribution in [-0.4, -0.2) is 27.6 Å². The summed E-state index contributed by atoms with van der Waals surface area (Å²) in [5, 5.41) is 11.2. The Balaban J connectivity index is 1.50. The molecule has 0 atom stereocenters. The number of carbonyl (C=O) groups excluding carboxylic acids is 2. The molecule has 6 nitrogen and oxygen atoms in total. The van der Waals surface area contributed by atoms with Crippen LogP contribution in [0.1, 0.15) is 43.0 Å². The van der Waals surface area contributed by atoms with Crippen LogP contribution < -0.4 is 5.32 Å². The second-order valence-electron chi connectivity index (χ2n) is 6.67. The topological polar surface area (TPSA) is 85.1 Å². The van der Waals surface area contributed by atoms with Crippen LogP contribution in [0.3, 0.4) is 0 Å². The van der Waals surface area contributed by atoms with Crippen molar-refractivity contribution in [3.05, 3.63) is 58.6 Å². The number of hydrogen-bond acceptors (Lipinski definition) is 6. The van der Waals surface area contributed by atoms with Gasteiger partial charge in [-0.05, 0) is 55.0 Å². The van der Waals surface area contributed by atoms with Gasteiger partial charge in [-0.3, -0.25) is 9.59 Å². The predicted molar refractivity (Wildman–Crippen MR) is 122 cm³/mol. The number of carbonyl (C=O) groups is 2. The average Bonchev–Trinajstić information content (AvgIpc) is 3.22. The van der Waals surface area contributed by atoms with E-state index in [1.807, 2.05) is 24.3 Å². The summed E-state index contributed by atoms with van der Waals surface area (Å²) in [7, 11) is 0.